The van der Waals surface area contributed by atoms with Crippen molar-refractivity contribution < 1.29 is 5.11 Å². The third-order valence-electron chi connectivity index (χ3n) is 5.39. The maximum Gasteiger partial charge on any atom is 0.150 e. The zero-order valence-corrected chi connectivity index (χ0v) is 17.6. The van der Waals surface area contributed by atoms with Gasteiger partial charge in [-0.05, 0) is 54.2 Å². The lowest BCUT2D eigenvalue weighted by atomic mass is 10.1. The number of halogens is 1. The van der Waals surface area contributed by atoms with Gasteiger partial charge in [-0.15, -0.1) is 0 Å². The minimum absolute atomic E-state index is 0.0882. The third-order valence-corrected chi connectivity index (χ3v) is 6.56. The van der Waals surface area contributed by atoms with Gasteiger partial charge in [0.25, 0.3) is 0 Å². The van der Waals surface area contributed by atoms with Crippen LogP contribution < -0.4 is 10.2 Å². The second-order valence-electron chi connectivity index (χ2n) is 7.17. The topological polar surface area (TPSA) is 51.6 Å². The number of piperazine rings is 1. The van der Waals surface area contributed by atoms with Crippen LogP contribution >= 0.6 is 23.1 Å². The van der Waals surface area contributed by atoms with Gasteiger partial charge in [0.05, 0.1) is 4.70 Å². The van der Waals surface area contributed by atoms with Crippen LogP contribution in [0.15, 0.2) is 36.4 Å². The van der Waals surface area contributed by atoms with E-state index in [1.165, 1.54) is 10.1 Å². The molecule has 1 aliphatic heterocycles. The summed E-state index contributed by atoms with van der Waals surface area (Å²) in [5.41, 5.74) is 3.16. The van der Waals surface area contributed by atoms with Crippen LogP contribution in [-0.2, 0) is 6.42 Å². The lowest BCUT2D eigenvalue weighted by molar-refractivity contribution is 0.261. The smallest absolute Gasteiger partial charge is 0.150 e. The number of fused-ring (bicyclic) bond motifs is 1. The molecule has 1 aromatic heterocycles. The highest BCUT2D eigenvalue weighted by Gasteiger charge is 2.20. The number of nitrogens with zero attached hydrogens (tertiary/aromatic N) is 3. The van der Waals surface area contributed by atoms with Crippen LogP contribution in [0.4, 0.5) is 11.5 Å². The van der Waals surface area contributed by atoms with Crippen LogP contribution in [0.1, 0.15) is 11.1 Å². The number of hydrogen-bond donors (Lipinski definition) is 2. The number of aliphatic hydroxyl groups is 1. The first-order chi connectivity index (χ1) is 13.7. The van der Waals surface area contributed by atoms with Gasteiger partial charge in [0, 0.05) is 48.8 Å². The van der Waals surface area contributed by atoms with Crippen LogP contribution in [0.2, 0.25) is 5.02 Å². The van der Waals surface area contributed by atoms with Gasteiger partial charge >= 0.3 is 0 Å². The predicted octanol–water partition coefficient (Wildman–Crippen LogP) is 3.98. The van der Waals surface area contributed by atoms with Crippen LogP contribution in [0.25, 0.3) is 10.1 Å². The average molecular weight is 417 g/mol. The summed E-state index contributed by atoms with van der Waals surface area (Å²) >= 11 is 8.03. The first-order valence-electron chi connectivity index (χ1n) is 9.61. The average Bonchev–Trinajstić information content (AvgIpc) is 3.14. The van der Waals surface area contributed by atoms with Crippen LogP contribution in [-0.4, -0.2) is 53.8 Å². The summed E-state index contributed by atoms with van der Waals surface area (Å²) in [5.74, 6) is 1.13. The molecule has 0 atom stereocenters. The standard InChI is InChI=1S/C21H25ClN4OS/c1-15-12-16(18(22)13-19(15)23-14-27)6-7-25-8-10-26(11-9-25)21-17-4-2-3-5-20(17)28-24-21/h2-5,12-13,23,27H,6-11,14H2,1H3. The lowest BCUT2D eigenvalue weighted by Crippen LogP contribution is -2.47. The quantitative estimate of drug-likeness (QED) is 0.595. The highest BCUT2D eigenvalue weighted by atomic mass is 35.5. The maximum atomic E-state index is 9.06. The summed E-state index contributed by atoms with van der Waals surface area (Å²) < 4.78 is 5.94. The molecule has 1 saturated heterocycles. The number of anilines is 2. The second kappa shape index (κ2) is 8.66. The fourth-order valence-corrected chi connectivity index (χ4v) is 4.82. The molecular formula is C21H25ClN4OS. The van der Waals surface area contributed by atoms with Crippen LogP contribution in [0.3, 0.4) is 0 Å². The van der Waals surface area contributed by atoms with E-state index < -0.39 is 0 Å². The molecule has 4 rings (SSSR count). The highest BCUT2D eigenvalue weighted by molar-refractivity contribution is 7.13. The highest BCUT2D eigenvalue weighted by Crippen LogP contribution is 2.30. The van der Waals surface area contributed by atoms with Crippen molar-refractivity contribution >= 4 is 44.7 Å². The van der Waals surface area contributed by atoms with E-state index in [9.17, 15) is 0 Å². The van der Waals surface area contributed by atoms with E-state index in [0.29, 0.717) is 0 Å². The van der Waals surface area contributed by atoms with E-state index >= 15 is 0 Å². The van der Waals surface area contributed by atoms with Gasteiger partial charge in [-0.1, -0.05) is 29.8 Å². The molecule has 0 unspecified atom stereocenters. The van der Waals surface area contributed by atoms with Crippen molar-refractivity contribution in [3.63, 3.8) is 0 Å². The van der Waals surface area contributed by atoms with E-state index in [1.54, 1.807) is 11.5 Å². The molecular weight excluding hydrogens is 392 g/mol. The minimum atomic E-state index is -0.0882. The van der Waals surface area contributed by atoms with Gasteiger partial charge in [0.1, 0.15) is 12.5 Å². The summed E-state index contributed by atoms with van der Waals surface area (Å²) in [6.45, 7) is 7.01. The summed E-state index contributed by atoms with van der Waals surface area (Å²) in [5, 5.41) is 14.0. The molecule has 7 heteroatoms. The van der Waals surface area contributed by atoms with E-state index in [4.69, 9.17) is 21.1 Å². The first kappa shape index (κ1) is 19.5. The van der Waals surface area contributed by atoms with Gasteiger partial charge in [0.15, 0.2) is 0 Å². The molecule has 1 fully saturated rings. The molecule has 2 N–H and O–H groups in total. The Balaban J connectivity index is 1.34. The van der Waals surface area contributed by atoms with Gasteiger partial charge in [0.2, 0.25) is 0 Å². The Morgan fingerprint density at radius 3 is 2.75 bits per heavy atom. The van der Waals surface area contributed by atoms with Crippen molar-refractivity contribution in [2.24, 2.45) is 0 Å². The Morgan fingerprint density at radius 2 is 1.96 bits per heavy atom. The van der Waals surface area contributed by atoms with E-state index in [2.05, 4.69) is 45.4 Å². The fraction of sp³-hybridized carbons (Fsp3) is 0.381. The summed E-state index contributed by atoms with van der Waals surface area (Å²) in [6, 6.07) is 12.5. The molecule has 0 spiro atoms. The Kier molecular flexibility index (Phi) is 6.01. The van der Waals surface area contributed by atoms with Gasteiger partial charge in [-0.2, -0.15) is 4.37 Å². The molecule has 28 heavy (non-hydrogen) atoms. The van der Waals surface area contributed by atoms with E-state index in [-0.39, 0.29) is 6.73 Å². The molecule has 0 bridgehead atoms. The minimum Gasteiger partial charge on any atom is -0.377 e. The molecule has 2 heterocycles. The van der Waals surface area contributed by atoms with Gasteiger partial charge in [-0.25, -0.2) is 0 Å². The molecule has 148 valence electrons. The zero-order chi connectivity index (χ0) is 19.5. The number of benzene rings is 2. The lowest BCUT2D eigenvalue weighted by Gasteiger charge is -2.35. The zero-order valence-electron chi connectivity index (χ0n) is 16.0. The van der Waals surface area contributed by atoms with Gasteiger partial charge < -0.3 is 15.3 Å². The second-order valence-corrected chi connectivity index (χ2v) is 8.39. The van der Waals surface area contributed by atoms with Crippen molar-refractivity contribution in [1.82, 2.24) is 9.27 Å². The SMILES string of the molecule is Cc1cc(CCN2CCN(c3nsc4ccccc34)CC2)c(Cl)cc1NCO. The third kappa shape index (κ3) is 4.10. The van der Waals surface area contributed by atoms with Crippen molar-refractivity contribution in [2.75, 3.05) is 49.7 Å². The predicted molar refractivity (Wildman–Crippen MR) is 119 cm³/mol. The molecule has 0 aliphatic carbocycles. The number of aryl methyl sites for hydroxylation is 1. The Labute approximate surface area is 174 Å². The van der Waals surface area contributed by atoms with Gasteiger partial charge in [-0.3, -0.25) is 4.90 Å². The van der Waals surface area contributed by atoms with Crippen molar-refractivity contribution in [3.8, 4) is 0 Å². The Bertz CT molecular complexity index is 953. The molecule has 1 aliphatic rings. The monoisotopic (exact) mass is 416 g/mol. The number of hydrogen-bond acceptors (Lipinski definition) is 6. The molecule has 0 saturated carbocycles. The molecule has 0 radical (unpaired) electrons. The summed E-state index contributed by atoms with van der Waals surface area (Å²) in [7, 11) is 0. The largest absolute Gasteiger partial charge is 0.377 e. The Morgan fingerprint density at radius 1 is 1.18 bits per heavy atom. The number of rotatable bonds is 6. The van der Waals surface area contributed by atoms with Crippen LogP contribution in [0, 0.1) is 6.92 Å². The number of aromatic nitrogens is 1. The van der Waals surface area contributed by atoms with Crippen molar-refractivity contribution in [1.29, 1.82) is 0 Å². The van der Waals surface area contributed by atoms with E-state index in [0.717, 1.165) is 66.8 Å². The maximum absolute atomic E-state index is 9.06. The summed E-state index contributed by atoms with van der Waals surface area (Å²) in [6.07, 6.45) is 0.929. The van der Waals surface area contributed by atoms with Crippen molar-refractivity contribution in [3.05, 3.63) is 52.5 Å². The molecule has 3 aromatic rings. The van der Waals surface area contributed by atoms with E-state index in [1.807, 2.05) is 13.0 Å². The molecule has 2 aromatic carbocycles. The first-order valence-corrected chi connectivity index (χ1v) is 10.8. The molecule has 0 amide bonds. The molecule has 5 nitrogen and oxygen atoms in total. The summed E-state index contributed by atoms with van der Waals surface area (Å²) in [4.78, 5) is 4.90. The number of aliphatic hydroxyl groups excluding tert-OH is 1. The number of nitrogens with one attached hydrogen (secondary N) is 1. The fourth-order valence-electron chi connectivity index (χ4n) is 3.77. The van der Waals surface area contributed by atoms with Crippen molar-refractivity contribution in [2.45, 2.75) is 13.3 Å². The Hall–Kier alpha value is -1.86. The van der Waals surface area contributed by atoms with Crippen LogP contribution in [0.5, 0.6) is 0 Å². The normalized spacial score (nSPS) is 15.3.